The third kappa shape index (κ3) is 3.41. The molecule has 6 bridgehead atoms. The van der Waals surface area contributed by atoms with Gasteiger partial charge in [-0.2, -0.15) is 0 Å². The van der Waals surface area contributed by atoms with Gasteiger partial charge in [-0.25, -0.2) is 4.79 Å². The first kappa shape index (κ1) is 23.3. The van der Waals surface area contributed by atoms with Crippen LogP contribution in [0.1, 0.15) is 75.8 Å². The van der Waals surface area contributed by atoms with Crippen molar-refractivity contribution in [1.82, 2.24) is 4.90 Å². The summed E-state index contributed by atoms with van der Waals surface area (Å²) in [6.45, 7) is 6.69. The Kier molecular flexibility index (Phi) is 4.89. The molecule has 2 aromatic rings. The number of ether oxygens (including phenoxy) is 2. The highest BCUT2D eigenvalue weighted by molar-refractivity contribution is 5.79. The molecule has 4 heteroatoms. The fraction of sp³-hybridized carbons (Fsp3) is 0.559. The number of carbonyl (C=O) groups is 1. The Labute approximate surface area is 226 Å². The van der Waals surface area contributed by atoms with Gasteiger partial charge in [0.2, 0.25) is 0 Å². The smallest absolute Gasteiger partial charge is 0.410 e. The summed E-state index contributed by atoms with van der Waals surface area (Å²) in [5.74, 6) is 0.963. The molecule has 9 rings (SSSR count). The zero-order valence-corrected chi connectivity index (χ0v) is 22.7. The van der Waals surface area contributed by atoms with Gasteiger partial charge in [-0.3, -0.25) is 4.90 Å². The largest absolute Gasteiger partial charge is 0.448 e. The summed E-state index contributed by atoms with van der Waals surface area (Å²) in [5.41, 5.74) is 8.00. The van der Waals surface area contributed by atoms with Crippen molar-refractivity contribution in [2.45, 2.75) is 76.8 Å². The highest BCUT2D eigenvalue weighted by atomic mass is 16.6. The molecule has 1 saturated heterocycles. The molecule has 0 spiro atoms. The Balaban J connectivity index is 1.04. The predicted molar refractivity (Wildman–Crippen MR) is 148 cm³/mol. The van der Waals surface area contributed by atoms with Gasteiger partial charge in [0.15, 0.2) is 0 Å². The van der Waals surface area contributed by atoms with E-state index in [1.165, 1.54) is 60.8 Å². The number of amides is 1. The van der Waals surface area contributed by atoms with Crippen LogP contribution in [0.15, 0.2) is 60.2 Å². The van der Waals surface area contributed by atoms with Gasteiger partial charge in [-0.15, -0.1) is 0 Å². The summed E-state index contributed by atoms with van der Waals surface area (Å²) in [6.07, 6.45) is 11.5. The Morgan fingerprint density at radius 1 is 0.921 bits per heavy atom. The van der Waals surface area contributed by atoms with E-state index in [0.29, 0.717) is 36.1 Å². The summed E-state index contributed by atoms with van der Waals surface area (Å²) in [7, 11) is 0. The second-order valence-corrected chi connectivity index (χ2v) is 14.3. The Morgan fingerprint density at radius 3 is 2.21 bits per heavy atom. The van der Waals surface area contributed by atoms with Crippen molar-refractivity contribution in [2.75, 3.05) is 19.8 Å². The molecule has 7 aliphatic rings. The van der Waals surface area contributed by atoms with Gasteiger partial charge in [0.25, 0.3) is 0 Å². The average Bonchev–Trinajstić information content (AvgIpc) is 3.18. The number of benzene rings is 2. The Bertz CT molecular complexity index is 1280. The molecule has 0 radical (unpaired) electrons. The first-order chi connectivity index (χ1) is 18.3. The first-order valence-corrected chi connectivity index (χ1v) is 14.8. The quantitative estimate of drug-likeness (QED) is 0.407. The van der Waals surface area contributed by atoms with Crippen molar-refractivity contribution in [3.8, 4) is 11.1 Å². The maximum atomic E-state index is 13.7. The topological polar surface area (TPSA) is 38.8 Å². The molecule has 0 aromatic heterocycles. The first-order valence-electron chi connectivity index (χ1n) is 14.8. The van der Waals surface area contributed by atoms with Crippen LogP contribution in [0.3, 0.4) is 0 Å². The van der Waals surface area contributed by atoms with Gasteiger partial charge in [-0.1, -0.05) is 74.0 Å². The van der Waals surface area contributed by atoms with Crippen LogP contribution < -0.4 is 0 Å². The number of hydrogen-bond donors (Lipinski definition) is 0. The Morgan fingerprint density at radius 2 is 1.58 bits per heavy atom. The van der Waals surface area contributed by atoms with E-state index >= 15 is 0 Å². The van der Waals surface area contributed by atoms with Crippen LogP contribution >= 0.6 is 0 Å². The molecule has 1 amide bonds. The van der Waals surface area contributed by atoms with E-state index in [1.807, 2.05) is 4.90 Å². The van der Waals surface area contributed by atoms with Crippen LogP contribution in [-0.4, -0.2) is 42.9 Å². The monoisotopic (exact) mass is 509 g/mol. The third-order valence-electron chi connectivity index (χ3n) is 11.1. The second-order valence-electron chi connectivity index (χ2n) is 14.3. The summed E-state index contributed by atoms with van der Waals surface area (Å²) in [4.78, 5) is 15.7. The van der Waals surface area contributed by atoms with Crippen LogP contribution in [0.5, 0.6) is 0 Å². The third-order valence-corrected chi connectivity index (χ3v) is 11.1. The molecule has 2 heterocycles. The van der Waals surface area contributed by atoms with Crippen molar-refractivity contribution in [3.05, 3.63) is 71.3 Å². The van der Waals surface area contributed by atoms with Gasteiger partial charge in [-0.05, 0) is 89.4 Å². The molecule has 0 N–H and O–H groups in total. The van der Waals surface area contributed by atoms with Gasteiger partial charge >= 0.3 is 6.09 Å². The maximum absolute atomic E-state index is 13.7. The molecule has 5 fully saturated rings. The van der Waals surface area contributed by atoms with Crippen molar-refractivity contribution >= 4 is 6.09 Å². The van der Waals surface area contributed by atoms with Crippen molar-refractivity contribution < 1.29 is 14.3 Å². The van der Waals surface area contributed by atoms with E-state index in [2.05, 4.69) is 68.5 Å². The van der Waals surface area contributed by atoms with E-state index in [0.717, 1.165) is 12.3 Å². The van der Waals surface area contributed by atoms with E-state index in [4.69, 9.17) is 9.47 Å². The van der Waals surface area contributed by atoms with Crippen LogP contribution in [0.25, 0.3) is 11.1 Å². The summed E-state index contributed by atoms with van der Waals surface area (Å²) in [6, 6.07) is 17.1. The molecule has 4 unspecified atom stereocenters. The van der Waals surface area contributed by atoms with Gasteiger partial charge in [0, 0.05) is 5.92 Å². The van der Waals surface area contributed by atoms with Crippen molar-refractivity contribution in [3.63, 3.8) is 0 Å². The van der Waals surface area contributed by atoms with Crippen molar-refractivity contribution in [2.24, 2.45) is 22.2 Å². The number of morpholine rings is 1. The lowest BCUT2D eigenvalue weighted by molar-refractivity contribution is -0.133. The van der Waals surface area contributed by atoms with Gasteiger partial charge < -0.3 is 9.47 Å². The highest BCUT2D eigenvalue weighted by Gasteiger charge is 2.61. The zero-order valence-electron chi connectivity index (χ0n) is 22.7. The second kappa shape index (κ2) is 7.97. The average molecular weight is 510 g/mol. The van der Waals surface area contributed by atoms with Gasteiger partial charge in [0.05, 0.1) is 25.3 Å². The molecule has 38 heavy (non-hydrogen) atoms. The molecule has 2 aliphatic heterocycles. The minimum Gasteiger partial charge on any atom is -0.448 e. The van der Waals surface area contributed by atoms with Crippen LogP contribution in [-0.2, 0) is 9.47 Å². The summed E-state index contributed by atoms with van der Waals surface area (Å²) < 4.78 is 12.1. The maximum Gasteiger partial charge on any atom is 0.410 e. The van der Waals surface area contributed by atoms with Crippen LogP contribution in [0, 0.1) is 22.2 Å². The number of nitrogens with zero attached hydrogens (tertiary/aromatic N) is 1. The molecule has 4 atom stereocenters. The molecular formula is C34H39NO3. The van der Waals surface area contributed by atoms with E-state index in [1.54, 1.807) is 5.57 Å². The van der Waals surface area contributed by atoms with Crippen molar-refractivity contribution in [1.29, 1.82) is 0 Å². The zero-order chi connectivity index (χ0) is 25.7. The predicted octanol–water partition coefficient (Wildman–Crippen LogP) is 7.33. The highest BCUT2D eigenvalue weighted by Crippen LogP contribution is 2.72. The van der Waals surface area contributed by atoms with E-state index in [-0.39, 0.29) is 24.1 Å². The van der Waals surface area contributed by atoms with Gasteiger partial charge in [0.1, 0.15) is 6.61 Å². The number of fused-ring (bicyclic) bond motifs is 5. The van der Waals surface area contributed by atoms with Crippen LogP contribution in [0.2, 0.25) is 0 Å². The fourth-order valence-electron chi connectivity index (χ4n) is 10.7. The van der Waals surface area contributed by atoms with Crippen LogP contribution in [0.4, 0.5) is 4.79 Å². The summed E-state index contributed by atoms with van der Waals surface area (Å²) in [5, 5.41) is 0. The molecule has 4 saturated carbocycles. The number of rotatable bonds is 3. The fourth-order valence-corrected chi connectivity index (χ4v) is 10.7. The molecule has 2 aromatic carbocycles. The molecule has 4 nitrogen and oxygen atoms in total. The standard InChI is InChI=1S/C34H39NO3/c1-32-13-22-14-33(2,19-32)21-34(15-22,20-32)23-11-24-16-37-17-25(12-23)35(24)31(36)38-18-30-28-9-5-3-7-26(28)27-8-4-6-10-29(27)30/h3-11,22,24-25,30H,12-21H2,1-2H3. The molecular weight excluding hydrogens is 470 g/mol. The lowest BCUT2D eigenvalue weighted by Crippen LogP contribution is -2.60. The number of carbonyl (C=O) groups excluding carboxylic acids is 1. The lowest BCUT2D eigenvalue weighted by Gasteiger charge is -2.67. The molecule has 5 aliphatic carbocycles. The van der Waals surface area contributed by atoms with E-state index in [9.17, 15) is 4.79 Å². The SMILES string of the molecule is CC12CC3CC(C)(C1)CC(C1=CC4COCC(C1)N4C(=O)OCC1c4ccccc4-c4ccccc41)(C3)C2. The normalized spacial score (nSPS) is 38.5. The molecule has 198 valence electrons. The lowest BCUT2D eigenvalue weighted by atomic mass is 9.39. The minimum absolute atomic E-state index is 0.0123. The Hall–Kier alpha value is -2.59. The van der Waals surface area contributed by atoms with E-state index < -0.39 is 0 Å². The summed E-state index contributed by atoms with van der Waals surface area (Å²) >= 11 is 0. The number of hydrogen-bond acceptors (Lipinski definition) is 3. The minimum atomic E-state index is -0.176.